The summed E-state index contributed by atoms with van der Waals surface area (Å²) in [5, 5.41) is 7.56. The number of aryl methyl sites for hydroxylation is 1. The van der Waals surface area contributed by atoms with E-state index in [1.165, 1.54) is 0 Å². The second-order valence-electron chi connectivity index (χ2n) is 4.39. The van der Waals surface area contributed by atoms with Gasteiger partial charge in [-0.15, -0.1) is 0 Å². The van der Waals surface area contributed by atoms with Crippen LogP contribution in [0.25, 0.3) is 11.3 Å². The topological polar surface area (TPSA) is 43.0 Å². The van der Waals surface area contributed by atoms with Crippen LogP contribution in [-0.4, -0.2) is 15.8 Å². The van der Waals surface area contributed by atoms with Crippen molar-refractivity contribution in [2.75, 3.05) is 0 Å². The first-order valence-corrected chi connectivity index (χ1v) is 6.04. The molecule has 2 heterocycles. The molecule has 0 aromatic carbocycles. The molecular formula is C13H19N3O. The minimum absolute atomic E-state index is 0.464. The van der Waals surface area contributed by atoms with Crippen LogP contribution < -0.4 is 5.32 Å². The van der Waals surface area contributed by atoms with E-state index in [0.717, 1.165) is 30.2 Å². The summed E-state index contributed by atoms with van der Waals surface area (Å²) in [6.45, 7) is 7.95. The number of hydrogen-bond donors (Lipinski definition) is 1. The molecular weight excluding hydrogens is 214 g/mol. The molecule has 0 saturated heterocycles. The zero-order chi connectivity index (χ0) is 12.3. The van der Waals surface area contributed by atoms with Gasteiger partial charge in [-0.1, -0.05) is 13.8 Å². The lowest BCUT2D eigenvalue weighted by Crippen LogP contribution is -2.21. The van der Waals surface area contributed by atoms with Crippen LogP contribution in [0.4, 0.5) is 0 Å². The average Bonchev–Trinajstić information content (AvgIpc) is 2.94. The van der Waals surface area contributed by atoms with Crippen LogP contribution in [0.5, 0.6) is 0 Å². The van der Waals surface area contributed by atoms with E-state index in [9.17, 15) is 0 Å². The molecule has 17 heavy (non-hydrogen) atoms. The predicted octanol–water partition coefficient (Wildman–Crippen LogP) is 2.66. The van der Waals surface area contributed by atoms with E-state index >= 15 is 0 Å². The van der Waals surface area contributed by atoms with Gasteiger partial charge in [-0.2, -0.15) is 5.10 Å². The molecule has 0 spiro atoms. The Hall–Kier alpha value is -1.55. The van der Waals surface area contributed by atoms with Gasteiger partial charge >= 0.3 is 0 Å². The second kappa shape index (κ2) is 5.19. The molecule has 4 heteroatoms. The monoisotopic (exact) mass is 233 g/mol. The summed E-state index contributed by atoms with van der Waals surface area (Å²) in [5.41, 5.74) is 1.03. The highest BCUT2D eigenvalue weighted by Crippen LogP contribution is 2.21. The Labute approximate surface area is 102 Å². The number of nitrogens with one attached hydrogen (secondary N) is 1. The van der Waals surface area contributed by atoms with Crippen LogP contribution in [0.3, 0.4) is 0 Å². The Morgan fingerprint density at radius 1 is 1.41 bits per heavy atom. The molecule has 4 nitrogen and oxygen atoms in total. The fourth-order valence-electron chi connectivity index (χ4n) is 1.60. The third-order valence-electron chi connectivity index (χ3n) is 2.59. The van der Waals surface area contributed by atoms with Gasteiger partial charge in [0.2, 0.25) is 0 Å². The minimum Gasteiger partial charge on any atom is -0.460 e. The van der Waals surface area contributed by atoms with Crippen molar-refractivity contribution in [3.63, 3.8) is 0 Å². The van der Waals surface area contributed by atoms with Crippen LogP contribution in [-0.2, 0) is 13.1 Å². The lowest BCUT2D eigenvalue weighted by molar-refractivity contribution is 0.473. The first-order chi connectivity index (χ1) is 8.19. The number of nitrogens with zero attached hydrogens (tertiary/aromatic N) is 2. The largest absolute Gasteiger partial charge is 0.460 e. The van der Waals surface area contributed by atoms with Crippen LogP contribution in [0.15, 0.2) is 28.9 Å². The third kappa shape index (κ3) is 2.97. The first-order valence-electron chi connectivity index (χ1n) is 6.04. The maximum Gasteiger partial charge on any atom is 0.137 e. The summed E-state index contributed by atoms with van der Waals surface area (Å²) in [7, 11) is 0. The predicted molar refractivity (Wildman–Crippen MR) is 67.6 cm³/mol. The van der Waals surface area contributed by atoms with Gasteiger partial charge in [0.1, 0.15) is 11.5 Å². The van der Waals surface area contributed by atoms with E-state index in [1.807, 2.05) is 29.2 Å². The summed E-state index contributed by atoms with van der Waals surface area (Å²) in [6, 6.07) is 4.47. The molecule has 0 unspecified atom stereocenters. The molecule has 0 amide bonds. The standard InChI is InChI=1S/C13H19N3O/c1-4-16-9-11(7-15-16)13-6-5-12(17-13)8-14-10(2)3/h5-7,9-10,14H,4,8H2,1-3H3. The van der Waals surface area contributed by atoms with Crippen LogP contribution in [0.2, 0.25) is 0 Å². The normalized spacial score (nSPS) is 11.3. The summed E-state index contributed by atoms with van der Waals surface area (Å²) in [5.74, 6) is 1.84. The lowest BCUT2D eigenvalue weighted by Gasteiger charge is -2.04. The molecule has 0 radical (unpaired) electrons. The van der Waals surface area contributed by atoms with Gasteiger partial charge in [-0.25, -0.2) is 0 Å². The number of aromatic nitrogens is 2. The van der Waals surface area contributed by atoms with Gasteiger partial charge in [0.05, 0.1) is 18.3 Å². The van der Waals surface area contributed by atoms with Gasteiger partial charge in [0.25, 0.3) is 0 Å². The quantitative estimate of drug-likeness (QED) is 0.863. The van der Waals surface area contributed by atoms with E-state index in [1.54, 1.807) is 0 Å². The Kier molecular flexibility index (Phi) is 3.64. The summed E-state index contributed by atoms with van der Waals surface area (Å²) in [6.07, 6.45) is 3.83. The maximum absolute atomic E-state index is 5.76. The van der Waals surface area contributed by atoms with Crippen molar-refractivity contribution in [3.8, 4) is 11.3 Å². The molecule has 2 rings (SSSR count). The highest BCUT2D eigenvalue weighted by Gasteiger charge is 2.07. The molecule has 0 fully saturated rings. The van der Waals surface area contributed by atoms with Crippen molar-refractivity contribution < 1.29 is 4.42 Å². The molecule has 0 aliphatic heterocycles. The maximum atomic E-state index is 5.76. The van der Waals surface area contributed by atoms with Gasteiger partial charge in [-0.05, 0) is 19.1 Å². The zero-order valence-corrected chi connectivity index (χ0v) is 10.6. The van der Waals surface area contributed by atoms with E-state index < -0.39 is 0 Å². The Morgan fingerprint density at radius 2 is 2.24 bits per heavy atom. The number of rotatable bonds is 5. The van der Waals surface area contributed by atoms with Crippen LogP contribution >= 0.6 is 0 Å². The van der Waals surface area contributed by atoms with Crippen molar-refractivity contribution in [1.29, 1.82) is 0 Å². The van der Waals surface area contributed by atoms with E-state index in [2.05, 4.69) is 31.2 Å². The number of hydrogen-bond acceptors (Lipinski definition) is 3. The molecule has 92 valence electrons. The molecule has 0 atom stereocenters. The average molecular weight is 233 g/mol. The Morgan fingerprint density at radius 3 is 2.88 bits per heavy atom. The summed E-state index contributed by atoms with van der Waals surface area (Å²) >= 11 is 0. The zero-order valence-electron chi connectivity index (χ0n) is 10.6. The first kappa shape index (κ1) is 11.9. The highest BCUT2D eigenvalue weighted by atomic mass is 16.3. The lowest BCUT2D eigenvalue weighted by atomic mass is 10.3. The van der Waals surface area contributed by atoms with Crippen molar-refractivity contribution in [2.45, 2.75) is 39.9 Å². The number of furan rings is 1. The molecule has 1 N–H and O–H groups in total. The van der Waals surface area contributed by atoms with Crippen LogP contribution in [0, 0.1) is 0 Å². The summed E-state index contributed by atoms with van der Waals surface area (Å²) < 4.78 is 7.65. The van der Waals surface area contributed by atoms with E-state index in [0.29, 0.717) is 6.04 Å². The SMILES string of the molecule is CCn1cc(-c2ccc(CNC(C)C)o2)cn1. The van der Waals surface area contributed by atoms with Crippen LogP contribution in [0.1, 0.15) is 26.5 Å². The second-order valence-corrected chi connectivity index (χ2v) is 4.39. The molecule has 2 aromatic heterocycles. The molecule has 0 saturated carbocycles. The van der Waals surface area contributed by atoms with Crippen molar-refractivity contribution in [2.24, 2.45) is 0 Å². The fraction of sp³-hybridized carbons (Fsp3) is 0.462. The van der Waals surface area contributed by atoms with Gasteiger partial charge in [-0.3, -0.25) is 4.68 Å². The summed E-state index contributed by atoms with van der Waals surface area (Å²) in [4.78, 5) is 0. The van der Waals surface area contributed by atoms with Crippen molar-refractivity contribution in [1.82, 2.24) is 15.1 Å². The van der Waals surface area contributed by atoms with Crippen molar-refractivity contribution >= 4 is 0 Å². The molecule has 0 aliphatic carbocycles. The fourth-order valence-corrected chi connectivity index (χ4v) is 1.60. The molecule has 0 bridgehead atoms. The Balaban J connectivity index is 2.07. The van der Waals surface area contributed by atoms with E-state index in [-0.39, 0.29) is 0 Å². The highest BCUT2D eigenvalue weighted by molar-refractivity contribution is 5.55. The van der Waals surface area contributed by atoms with Gasteiger partial charge < -0.3 is 9.73 Å². The molecule has 2 aromatic rings. The van der Waals surface area contributed by atoms with E-state index in [4.69, 9.17) is 4.42 Å². The van der Waals surface area contributed by atoms with Gasteiger partial charge in [0, 0.05) is 18.8 Å². The van der Waals surface area contributed by atoms with Gasteiger partial charge in [0.15, 0.2) is 0 Å². The smallest absolute Gasteiger partial charge is 0.137 e. The Bertz CT molecular complexity index is 470. The third-order valence-corrected chi connectivity index (χ3v) is 2.59. The molecule has 0 aliphatic rings. The van der Waals surface area contributed by atoms with Crippen molar-refractivity contribution in [3.05, 3.63) is 30.3 Å². The minimum atomic E-state index is 0.464.